The fourth-order valence-electron chi connectivity index (χ4n) is 2.11. The number of benzene rings is 1. The lowest BCUT2D eigenvalue weighted by molar-refractivity contribution is -0.137. The van der Waals surface area contributed by atoms with Crippen molar-refractivity contribution in [2.45, 2.75) is 51.1 Å². The molecule has 1 aliphatic heterocycles. The number of ether oxygens (including phenoxy) is 2. The Hall–Kier alpha value is -1.76. The number of hydrogen-bond acceptors (Lipinski definition) is 3. The number of alkyl halides is 3. The van der Waals surface area contributed by atoms with E-state index in [2.05, 4.69) is 5.32 Å². The number of amides is 1. The minimum absolute atomic E-state index is 0.134. The summed E-state index contributed by atoms with van der Waals surface area (Å²) in [6.07, 6.45) is -4.68. The summed E-state index contributed by atoms with van der Waals surface area (Å²) in [6, 6.07) is 4.56. The average Bonchev–Trinajstić information content (AvgIpc) is 3.19. The topological polar surface area (TPSA) is 50.9 Å². The molecule has 1 amide bonds. The van der Waals surface area contributed by atoms with Gasteiger partial charge in [0.15, 0.2) is 0 Å². The van der Waals surface area contributed by atoms with Crippen LogP contribution in [0.2, 0.25) is 0 Å². The zero-order chi connectivity index (χ0) is 17.3. The highest BCUT2D eigenvalue weighted by molar-refractivity contribution is 5.68. The van der Waals surface area contributed by atoms with Gasteiger partial charge in [-0.05, 0) is 44.9 Å². The Balaban J connectivity index is 1.98. The predicted octanol–water partition coefficient (Wildman–Crippen LogP) is 3.54. The smallest absolute Gasteiger partial charge is 0.416 e. The Morgan fingerprint density at radius 2 is 1.87 bits per heavy atom. The van der Waals surface area contributed by atoms with Gasteiger partial charge >= 0.3 is 12.3 Å². The molecule has 0 aromatic heterocycles. The van der Waals surface area contributed by atoms with Crippen LogP contribution in [0.3, 0.4) is 0 Å². The largest absolute Gasteiger partial charge is 0.444 e. The number of carbonyl (C=O) groups excluding carboxylic acids is 1. The number of alkyl carbamates (subject to hydrolysis) is 1. The van der Waals surface area contributed by atoms with Gasteiger partial charge in [0, 0.05) is 0 Å². The number of epoxide rings is 1. The van der Waals surface area contributed by atoms with Crippen LogP contribution in [0.5, 0.6) is 0 Å². The van der Waals surface area contributed by atoms with E-state index in [-0.39, 0.29) is 12.1 Å². The molecule has 0 saturated carbocycles. The SMILES string of the molecule is CC(C)(C)OC(=O)N[C@H](Cc1ccc(C(F)(F)F)cc1)[C@H]1CO1. The predicted molar refractivity (Wildman–Crippen MR) is 78.0 cm³/mol. The van der Waals surface area contributed by atoms with Gasteiger partial charge in [-0.3, -0.25) is 0 Å². The van der Waals surface area contributed by atoms with Crippen molar-refractivity contribution >= 4 is 6.09 Å². The van der Waals surface area contributed by atoms with Crippen molar-refractivity contribution in [3.63, 3.8) is 0 Å². The molecule has 0 spiro atoms. The molecule has 1 fully saturated rings. The third-order valence-corrected chi connectivity index (χ3v) is 3.25. The van der Waals surface area contributed by atoms with Crippen molar-refractivity contribution in [1.82, 2.24) is 5.32 Å². The monoisotopic (exact) mass is 331 g/mol. The zero-order valence-corrected chi connectivity index (χ0v) is 13.2. The van der Waals surface area contributed by atoms with Crippen molar-refractivity contribution in [3.8, 4) is 0 Å². The van der Waals surface area contributed by atoms with Crippen LogP contribution < -0.4 is 5.32 Å². The van der Waals surface area contributed by atoms with Crippen molar-refractivity contribution < 1.29 is 27.4 Å². The van der Waals surface area contributed by atoms with E-state index in [1.165, 1.54) is 12.1 Å². The van der Waals surface area contributed by atoms with E-state index in [0.29, 0.717) is 18.6 Å². The van der Waals surface area contributed by atoms with Gasteiger partial charge in [0.2, 0.25) is 0 Å². The number of rotatable bonds is 4. The van der Waals surface area contributed by atoms with E-state index in [1.807, 2.05) is 0 Å². The molecule has 1 saturated heterocycles. The molecule has 0 bridgehead atoms. The van der Waals surface area contributed by atoms with E-state index in [4.69, 9.17) is 9.47 Å². The van der Waals surface area contributed by atoms with Gasteiger partial charge in [0.25, 0.3) is 0 Å². The number of hydrogen-bond donors (Lipinski definition) is 1. The molecule has 1 heterocycles. The van der Waals surface area contributed by atoms with E-state index >= 15 is 0 Å². The molecule has 0 unspecified atom stereocenters. The molecule has 1 aromatic rings. The molecule has 23 heavy (non-hydrogen) atoms. The van der Waals surface area contributed by atoms with Crippen molar-refractivity contribution in [1.29, 1.82) is 0 Å². The lowest BCUT2D eigenvalue weighted by atomic mass is 10.0. The van der Waals surface area contributed by atoms with Gasteiger partial charge < -0.3 is 14.8 Å². The Bertz CT molecular complexity index is 545. The number of carbonyl (C=O) groups is 1. The molecular formula is C16H20F3NO3. The first-order chi connectivity index (χ1) is 10.5. The Morgan fingerprint density at radius 1 is 1.30 bits per heavy atom. The summed E-state index contributed by atoms with van der Waals surface area (Å²) in [6.45, 7) is 5.78. The molecule has 1 aromatic carbocycles. The summed E-state index contributed by atoms with van der Waals surface area (Å²) in [7, 11) is 0. The highest BCUT2D eigenvalue weighted by atomic mass is 19.4. The maximum Gasteiger partial charge on any atom is 0.416 e. The summed E-state index contributed by atoms with van der Waals surface area (Å²) in [5, 5.41) is 2.72. The molecule has 1 aliphatic rings. The molecule has 1 N–H and O–H groups in total. The second kappa shape index (κ2) is 6.39. The van der Waals surface area contributed by atoms with E-state index in [1.54, 1.807) is 20.8 Å². The summed E-state index contributed by atoms with van der Waals surface area (Å²) in [4.78, 5) is 11.8. The van der Waals surface area contributed by atoms with Crippen LogP contribution in [0.4, 0.5) is 18.0 Å². The molecule has 0 radical (unpaired) electrons. The molecule has 128 valence electrons. The standard InChI is InChI=1S/C16H20F3NO3/c1-15(2,3)23-14(21)20-12(13-9-22-13)8-10-4-6-11(7-5-10)16(17,18)19/h4-7,12-13H,8-9H2,1-3H3,(H,20,21)/t12-,13-/m1/s1. The zero-order valence-electron chi connectivity index (χ0n) is 13.2. The third-order valence-electron chi connectivity index (χ3n) is 3.25. The Morgan fingerprint density at radius 3 is 2.30 bits per heavy atom. The van der Waals surface area contributed by atoms with Crippen LogP contribution >= 0.6 is 0 Å². The van der Waals surface area contributed by atoms with Gasteiger partial charge in [-0.2, -0.15) is 13.2 Å². The third kappa shape index (κ3) is 5.74. The molecule has 7 heteroatoms. The van der Waals surface area contributed by atoms with Crippen molar-refractivity contribution in [2.24, 2.45) is 0 Å². The summed E-state index contributed by atoms with van der Waals surface area (Å²) < 4.78 is 48.1. The van der Waals surface area contributed by atoms with Crippen LogP contribution in [-0.2, 0) is 22.1 Å². The normalized spacial score (nSPS) is 19.1. The molecule has 2 rings (SSSR count). The molecular weight excluding hydrogens is 311 g/mol. The fraction of sp³-hybridized carbons (Fsp3) is 0.562. The van der Waals surface area contributed by atoms with Gasteiger partial charge in [0.05, 0.1) is 18.2 Å². The maximum atomic E-state index is 12.6. The first-order valence-corrected chi connectivity index (χ1v) is 7.32. The lowest BCUT2D eigenvalue weighted by Crippen LogP contribution is -2.43. The van der Waals surface area contributed by atoms with Crippen molar-refractivity contribution in [3.05, 3.63) is 35.4 Å². The van der Waals surface area contributed by atoms with Crippen LogP contribution in [0.1, 0.15) is 31.9 Å². The van der Waals surface area contributed by atoms with Gasteiger partial charge in [-0.15, -0.1) is 0 Å². The number of halogens is 3. The van der Waals surface area contributed by atoms with Crippen LogP contribution in [0, 0.1) is 0 Å². The Kier molecular flexibility index (Phi) is 4.89. The van der Waals surface area contributed by atoms with Gasteiger partial charge in [0.1, 0.15) is 11.7 Å². The van der Waals surface area contributed by atoms with E-state index in [9.17, 15) is 18.0 Å². The van der Waals surface area contributed by atoms with Crippen LogP contribution in [0.25, 0.3) is 0 Å². The second-order valence-electron chi connectivity index (χ2n) is 6.52. The highest BCUT2D eigenvalue weighted by Gasteiger charge is 2.35. The molecule has 2 atom stereocenters. The fourth-order valence-corrected chi connectivity index (χ4v) is 2.11. The first-order valence-electron chi connectivity index (χ1n) is 7.32. The Labute approximate surface area is 133 Å². The molecule has 0 aliphatic carbocycles. The van der Waals surface area contributed by atoms with E-state index < -0.39 is 23.4 Å². The average molecular weight is 331 g/mol. The van der Waals surface area contributed by atoms with Gasteiger partial charge in [-0.1, -0.05) is 12.1 Å². The lowest BCUT2D eigenvalue weighted by Gasteiger charge is -2.23. The number of nitrogens with one attached hydrogen (secondary N) is 1. The van der Waals surface area contributed by atoms with Crippen molar-refractivity contribution in [2.75, 3.05) is 6.61 Å². The van der Waals surface area contributed by atoms with E-state index in [0.717, 1.165) is 12.1 Å². The van der Waals surface area contributed by atoms with Crippen LogP contribution in [0.15, 0.2) is 24.3 Å². The first kappa shape index (κ1) is 17.6. The summed E-state index contributed by atoms with van der Waals surface area (Å²) in [5.74, 6) is 0. The minimum Gasteiger partial charge on any atom is -0.444 e. The second-order valence-corrected chi connectivity index (χ2v) is 6.52. The molecule has 4 nitrogen and oxygen atoms in total. The summed E-state index contributed by atoms with van der Waals surface area (Å²) >= 11 is 0. The van der Waals surface area contributed by atoms with Gasteiger partial charge in [-0.25, -0.2) is 4.79 Å². The van der Waals surface area contributed by atoms with Crippen LogP contribution in [-0.4, -0.2) is 30.4 Å². The summed E-state index contributed by atoms with van der Waals surface area (Å²) in [5.41, 5.74) is -0.622. The quantitative estimate of drug-likeness (QED) is 0.859. The minimum atomic E-state index is -4.35. The maximum absolute atomic E-state index is 12.6. The highest BCUT2D eigenvalue weighted by Crippen LogP contribution is 2.29.